The molecule has 0 unspecified atom stereocenters. The van der Waals surface area contributed by atoms with Crippen LogP contribution in [0.25, 0.3) is 0 Å². The first-order chi connectivity index (χ1) is 8.13. The molecule has 0 aromatic heterocycles. The van der Waals surface area contributed by atoms with Gasteiger partial charge in [-0.25, -0.2) is 0 Å². The Bertz CT molecular complexity index is 449. The largest absolute Gasteiger partial charge is 0.534 e. The van der Waals surface area contributed by atoms with Gasteiger partial charge in [0.15, 0.2) is 0 Å². The van der Waals surface area contributed by atoms with Crippen LogP contribution in [0.1, 0.15) is 19.8 Å². The molecule has 0 aromatic carbocycles. The first-order valence-electron chi connectivity index (χ1n) is 5.11. The number of carbonyl (C=O) groups excluding carboxylic acids is 1. The van der Waals surface area contributed by atoms with Gasteiger partial charge in [-0.2, -0.15) is 21.6 Å². The molecule has 1 aliphatic rings. The molecular weight excluding hydrogens is 275 g/mol. The van der Waals surface area contributed by atoms with Crippen molar-refractivity contribution in [2.75, 3.05) is 13.1 Å². The summed E-state index contributed by atoms with van der Waals surface area (Å²) in [7, 11) is -5.71. The van der Waals surface area contributed by atoms with E-state index in [0.717, 1.165) is 25.8 Å². The number of likely N-dealkylation sites (tertiary alicyclic amines) is 1. The molecule has 0 N–H and O–H groups in total. The average Bonchev–Trinajstić information content (AvgIpc) is 2.66. The summed E-state index contributed by atoms with van der Waals surface area (Å²) in [6, 6.07) is 0. The molecule has 0 radical (unpaired) electrons. The highest BCUT2D eigenvalue weighted by molar-refractivity contribution is 7.87. The van der Waals surface area contributed by atoms with E-state index in [4.69, 9.17) is 0 Å². The van der Waals surface area contributed by atoms with E-state index in [-0.39, 0.29) is 0 Å². The molecule has 104 valence electrons. The van der Waals surface area contributed by atoms with Crippen molar-refractivity contribution >= 4 is 16.0 Å². The van der Waals surface area contributed by atoms with Crippen LogP contribution in [0.15, 0.2) is 11.8 Å². The van der Waals surface area contributed by atoms with Crippen molar-refractivity contribution in [3.8, 4) is 0 Å². The quantitative estimate of drug-likeness (QED) is 0.340. The van der Waals surface area contributed by atoms with E-state index in [1.807, 2.05) is 0 Å². The summed E-state index contributed by atoms with van der Waals surface area (Å²) in [5, 5.41) is 0. The normalized spacial score (nSPS) is 18.0. The Labute approximate surface area is 102 Å². The molecule has 0 bridgehead atoms. The molecule has 1 rings (SSSR count). The molecule has 0 aliphatic carbocycles. The Balaban J connectivity index is 2.70. The number of hydrogen-bond donors (Lipinski definition) is 0. The molecule has 0 spiro atoms. The predicted octanol–water partition coefficient (Wildman–Crippen LogP) is 1.38. The van der Waals surface area contributed by atoms with Gasteiger partial charge in [0.1, 0.15) is 5.76 Å². The number of carbonyl (C=O) groups is 1. The fourth-order valence-corrected chi connectivity index (χ4v) is 1.94. The molecule has 5 nitrogen and oxygen atoms in total. The Morgan fingerprint density at radius 1 is 1.28 bits per heavy atom. The van der Waals surface area contributed by atoms with E-state index in [1.165, 1.54) is 4.90 Å². The van der Waals surface area contributed by atoms with E-state index >= 15 is 0 Å². The topological polar surface area (TPSA) is 63.7 Å². The lowest BCUT2D eigenvalue weighted by Crippen LogP contribution is -2.27. The minimum atomic E-state index is -5.71. The van der Waals surface area contributed by atoms with Crippen LogP contribution in [-0.4, -0.2) is 37.8 Å². The summed E-state index contributed by atoms with van der Waals surface area (Å²) >= 11 is 0. The molecule has 1 fully saturated rings. The zero-order valence-corrected chi connectivity index (χ0v) is 10.3. The second kappa shape index (κ2) is 5.17. The first-order valence-corrected chi connectivity index (χ1v) is 6.52. The Morgan fingerprint density at radius 2 is 1.78 bits per heavy atom. The zero-order chi connectivity index (χ0) is 14.0. The number of allylic oxidation sites excluding steroid dienone is 1. The standard InChI is InChI=1S/C9H12F3NO4S/c1-7(17-18(15,16)9(10,11)12)6-8(14)13-4-2-3-5-13/h6H,2-5H2,1H3/b7-6+. The predicted molar refractivity (Wildman–Crippen MR) is 55.6 cm³/mol. The van der Waals surface area contributed by atoms with Gasteiger partial charge in [0.05, 0.1) is 0 Å². The molecule has 1 saturated heterocycles. The number of amides is 1. The zero-order valence-electron chi connectivity index (χ0n) is 9.53. The summed E-state index contributed by atoms with van der Waals surface area (Å²) in [6.07, 6.45) is 2.38. The lowest BCUT2D eigenvalue weighted by Gasteiger charge is -2.13. The summed E-state index contributed by atoms with van der Waals surface area (Å²) in [4.78, 5) is 12.9. The first kappa shape index (κ1) is 14.8. The minimum Gasteiger partial charge on any atom is -0.381 e. The van der Waals surface area contributed by atoms with Crippen LogP contribution in [0.5, 0.6) is 0 Å². The van der Waals surface area contributed by atoms with Gasteiger partial charge in [0.25, 0.3) is 0 Å². The van der Waals surface area contributed by atoms with Crippen molar-refractivity contribution in [3.63, 3.8) is 0 Å². The van der Waals surface area contributed by atoms with Gasteiger partial charge >= 0.3 is 15.6 Å². The smallest absolute Gasteiger partial charge is 0.381 e. The molecule has 1 aliphatic heterocycles. The molecule has 0 aromatic rings. The maximum absolute atomic E-state index is 12.0. The lowest BCUT2D eigenvalue weighted by molar-refractivity contribution is -0.125. The number of halogens is 3. The van der Waals surface area contributed by atoms with Crippen LogP contribution in [-0.2, 0) is 19.1 Å². The second-order valence-corrected chi connectivity index (χ2v) is 5.31. The van der Waals surface area contributed by atoms with Crippen molar-refractivity contribution in [1.82, 2.24) is 4.90 Å². The maximum atomic E-state index is 12.0. The van der Waals surface area contributed by atoms with E-state index < -0.39 is 27.3 Å². The molecular formula is C9H12F3NO4S. The monoisotopic (exact) mass is 287 g/mol. The number of rotatable bonds is 3. The summed E-state index contributed by atoms with van der Waals surface area (Å²) < 4.78 is 61.1. The molecule has 0 saturated carbocycles. The fourth-order valence-electron chi connectivity index (χ4n) is 1.45. The lowest BCUT2D eigenvalue weighted by atomic mass is 10.4. The number of hydrogen-bond acceptors (Lipinski definition) is 4. The van der Waals surface area contributed by atoms with E-state index in [0.29, 0.717) is 13.1 Å². The van der Waals surface area contributed by atoms with Crippen LogP contribution < -0.4 is 0 Å². The van der Waals surface area contributed by atoms with Crippen LogP contribution in [0.2, 0.25) is 0 Å². The summed E-state index contributed by atoms with van der Waals surface area (Å²) in [5.74, 6) is -1.16. The number of nitrogens with zero attached hydrogens (tertiary/aromatic N) is 1. The second-order valence-electron chi connectivity index (χ2n) is 3.77. The van der Waals surface area contributed by atoms with Gasteiger partial charge in [-0.3, -0.25) is 4.79 Å². The van der Waals surface area contributed by atoms with Crippen molar-refractivity contribution in [1.29, 1.82) is 0 Å². The summed E-state index contributed by atoms with van der Waals surface area (Å²) in [5.41, 5.74) is -5.50. The van der Waals surface area contributed by atoms with Crippen molar-refractivity contribution in [2.24, 2.45) is 0 Å². The van der Waals surface area contributed by atoms with Crippen molar-refractivity contribution in [3.05, 3.63) is 11.8 Å². The van der Waals surface area contributed by atoms with Gasteiger partial charge in [0, 0.05) is 19.2 Å². The van der Waals surface area contributed by atoms with Crippen LogP contribution in [0.4, 0.5) is 13.2 Å². The molecule has 9 heteroatoms. The highest BCUT2D eigenvalue weighted by atomic mass is 32.2. The van der Waals surface area contributed by atoms with Gasteiger partial charge in [-0.1, -0.05) is 0 Å². The third kappa shape index (κ3) is 3.62. The minimum absolute atomic E-state index is 0.509. The molecule has 0 atom stereocenters. The molecule has 1 heterocycles. The number of alkyl halides is 3. The third-order valence-electron chi connectivity index (χ3n) is 2.27. The molecule has 18 heavy (non-hydrogen) atoms. The van der Waals surface area contributed by atoms with Gasteiger partial charge in [-0.15, -0.1) is 0 Å². The highest BCUT2D eigenvalue weighted by Crippen LogP contribution is 2.26. The Kier molecular flexibility index (Phi) is 4.25. The van der Waals surface area contributed by atoms with Crippen molar-refractivity contribution in [2.45, 2.75) is 25.3 Å². The van der Waals surface area contributed by atoms with E-state index in [9.17, 15) is 26.4 Å². The highest BCUT2D eigenvalue weighted by Gasteiger charge is 2.48. The van der Waals surface area contributed by atoms with Gasteiger partial charge in [-0.05, 0) is 19.8 Å². The third-order valence-corrected chi connectivity index (χ3v) is 3.32. The van der Waals surface area contributed by atoms with Gasteiger partial charge in [0.2, 0.25) is 5.91 Å². The van der Waals surface area contributed by atoms with Gasteiger partial charge < -0.3 is 9.08 Å². The van der Waals surface area contributed by atoms with Crippen LogP contribution >= 0.6 is 0 Å². The fraction of sp³-hybridized carbons (Fsp3) is 0.667. The van der Waals surface area contributed by atoms with Crippen molar-refractivity contribution < 1.29 is 30.6 Å². The Hall–Kier alpha value is -1.25. The average molecular weight is 287 g/mol. The molecule has 1 amide bonds. The van der Waals surface area contributed by atoms with Crippen LogP contribution in [0.3, 0.4) is 0 Å². The summed E-state index contributed by atoms with van der Waals surface area (Å²) in [6.45, 7) is 2.00. The maximum Gasteiger partial charge on any atom is 0.534 e. The van der Waals surface area contributed by atoms with E-state index in [2.05, 4.69) is 4.18 Å². The van der Waals surface area contributed by atoms with Crippen LogP contribution in [0, 0.1) is 0 Å². The van der Waals surface area contributed by atoms with E-state index in [1.54, 1.807) is 0 Å². The Morgan fingerprint density at radius 3 is 2.22 bits per heavy atom. The SMILES string of the molecule is C/C(=C\C(=O)N1CCCC1)OS(=O)(=O)C(F)(F)F.